The Hall–Kier alpha value is -2.08. The van der Waals surface area contributed by atoms with Gasteiger partial charge < -0.3 is 19.8 Å². The van der Waals surface area contributed by atoms with Crippen molar-refractivity contribution in [1.82, 2.24) is 4.90 Å². The summed E-state index contributed by atoms with van der Waals surface area (Å²) in [5.41, 5.74) is 0.726. The third-order valence-corrected chi connectivity index (χ3v) is 3.72. The summed E-state index contributed by atoms with van der Waals surface area (Å²) in [5.74, 6) is -0.598. The van der Waals surface area contributed by atoms with Crippen LogP contribution >= 0.6 is 0 Å². The lowest BCUT2D eigenvalue weighted by atomic mass is 10.0. The molecule has 1 aromatic rings. The van der Waals surface area contributed by atoms with Crippen LogP contribution in [-0.4, -0.2) is 47.3 Å². The molecule has 1 saturated heterocycles. The Kier molecular flexibility index (Phi) is 4.80. The summed E-state index contributed by atoms with van der Waals surface area (Å²) in [7, 11) is 1.54. The summed E-state index contributed by atoms with van der Waals surface area (Å²) in [4.78, 5) is 24.8. The molecule has 1 amide bonds. The van der Waals surface area contributed by atoms with E-state index in [0.717, 1.165) is 5.56 Å². The number of aliphatic hydroxyl groups is 1. The van der Waals surface area contributed by atoms with Gasteiger partial charge in [-0.25, -0.2) is 0 Å². The molecule has 21 heavy (non-hydrogen) atoms. The van der Waals surface area contributed by atoms with E-state index in [1.165, 1.54) is 7.11 Å². The molecule has 0 aliphatic carbocycles. The lowest BCUT2D eigenvalue weighted by Gasteiger charge is -2.27. The molecular weight excluding hydrogens is 274 g/mol. The predicted octanol–water partition coefficient (Wildman–Crippen LogP) is 1.05. The molecule has 2 unspecified atom stereocenters. The highest BCUT2D eigenvalue weighted by Gasteiger charge is 2.35. The van der Waals surface area contributed by atoms with E-state index in [0.29, 0.717) is 12.3 Å². The van der Waals surface area contributed by atoms with Gasteiger partial charge in [-0.3, -0.25) is 9.59 Å². The van der Waals surface area contributed by atoms with Gasteiger partial charge >= 0.3 is 5.97 Å². The highest BCUT2D eigenvalue weighted by atomic mass is 16.5. The summed E-state index contributed by atoms with van der Waals surface area (Å²) in [5, 5.41) is 18.3. The molecule has 1 aromatic carbocycles. The van der Waals surface area contributed by atoms with Crippen molar-refractivity contribution in [3.05, 3.63) is 29.8 Å². The molecule has 1 aliphatic heterocycles. The van der Waals surface area contributed by atoms with Gasteiger partial charge in [0.2, 0.25) is 5.91 Å². The van der Waals surface area contributed by atoms with E-state index in [-0.39, 0.29) is 31.3 Å². The molecule has 114 valence electrons. The Morgan fingerprint density at radius 1 is 1.52 bits per heavy atom. The molecule has 0 bridgehead atoms. The Balaban J connectivity index is 2.29. The lowest BCUT2D eigenvalue weighted by molar-refractivity contribution is -0.139. The number of carboxylic acids is 1. The first kappa shape index (κ1) is 15.3. The van der Waals surface area contributed by atoms with Crippen LogP contribution in [0, 0.1) is 5.92 Å². The van der Waals surface area contributed by atoms with E-state index in [1.807, 2.05) is 0 Å². The smallest absolute Gasteiger partial charge is 0.305 e. The second-order valence-electron chi connectivity index (χ2n) is 5.19. The van der Waals surface area contributed by atoms with Gasteiger partial charge in [0, 0.05) is 25.5 Å². The summed E-state index contributed by atoms with van der Waals surface area (Å²) in [6.07, 6.45) is 0.0909. The highest BCUT2D eigenvalue weighted by Crippen LogP contribution is 2.32. The molecule has 1 heterocycles. The van der Waals surface area contributed by atoms with Crippen molar-refractivity contribution in [2.45, 2.75) is 18.9 Å². The van der Waals surface area contributed by atoms with Crippen molar-refractivity contribution in [3.63, 3.8) is 0 Å². The first-order valence-electron chi connectivity index (χ1n) is 6.81. The minimum absolute atomic E-state index is 0.0693. The molecule has 0 spiro atoms. The molecule has 1 fully saturated rings. The van der Waals surface area contributed by atoms with Crippen molar-refractivity contribution in [2.24, 2.45) is 5.92 Å². The molecule has 2 N–H and O–H groups in total. The number of carboxylic acid groups (broad SMARTS) is 1. The van der Waals surface area contributed by atoms with Crippen LogP contribution in [0.3, 0.4) is 0 Å². The molecular formula is C15H19NO5. The number of rotatable bonds is 6. The fourth-order valence-corrected chi connectivity index (χ4v) is 2.65. The van der Waals surface area contributed by atoms with Gasteiger partial charge in [0.1, 0.15) is 5.75 Å². The van der Waals surface area contributed by atoms with Crippen molar-refractivity contribution in [2.75, 3.05) is 20.3 Å². The van der Waals surface area contributed by atoms with Gasteiger partial charge in [-0.1, -0.05) is 12.1 Å². The third-order valence-electron chi connectivity index (χ3n) is 3.72. The molecule has 6 heteroatoms. The molecule has 0 saturated carbocycles. The number of hydrogen-bond acceptors (Lipinski definition) is 4. The molecule has 0 aromatic heterocycles. The van der Waals surface area contributed by atoms with Crippen LogP contribution in [0.15, 0.2) is 24.3 Å². The van der Waals surface area contributed by atoms with Crippen molar-refractivity contribution < 1.29 is 24.5 Å². The fourth-order valence-electron chi connectivity index (χ4n) is 2.65. The summed E-state index contributed by atoms with van der Waals surface area (Å²) < 4.78 is 5.15. The van der Waals surface area contributed by atoms with E-state index in [1.54, 1.807) is 29.2 Å². The van der Waals surface area contributed by atoms with Gasteiger partial charge in [-0.15, -0.1) is 0 Å². The molecule has 0 radical (unpaired) electrons. The number of carbonyl (C=O) groups excluding carboxylic acids is 1. The normalized spacial score (nSPS) is 19.6. The summed E-state index contributed by atoms with van der Waals surface area (Å²) in [6.45, 7) is 0.310. The molecule has 6 nitrogen and oxygen atoms in total. The zero-order chi connectivity index (χ0) is 15.4. The summed E-state index contributed by atoms with van der Waals surface area (Å²) in [6, 6.07) is 6.53. The van der Waals surface area contributed by atoms with Crippen LogP contribution in [0.25, 0.3) is 0 Å². The number of ether oxygens (including phenoxy) is 1. The Bertz CT molecular complexity index is 531. The van der Waals surface area contributed by atoms with Gasteiger partial charge in [0.05, 0.1) is 19.6 Å². The van der Waals surface area contributed by atoms with Crippen molar-refractivity contribution >= 4 is 11.9 Å². The number of hydrogen-bond donors (Lipinski definition) is 2. The van der Waals surface area contributed by atoms with E-state index in [4.69, 9.17) is 9.84 Å². The topological polar surface area (TPSA) is 87.1 Å². The maximum atomic E-state index is 12.1. The Labute approximate surface area is 122 Å². The minimum atomic E-state index is -0.969. The number of benzene rings is 1. The average Bonchev–Trinajstić information content (AvgIpc) is 2.85. The Morgan fingerprint density at radius 2 is 2.29 bits per heavy atom. The highest BCUT2D eigenvalue weighted by molar-refractivity contribution is 5.80. The van der Waals surface area contributed by atoms with Crippen molar-refractivity contribution in [1.29, 1.82) is 0 Å². The zero-order valence-electron chi connectivity index (χ0n) is 11.9. The van der Waals surface area contributed by atoms with Gasteiger partial charge in [0.25, 0.3) is 0 Å². The second kappa shape index (κ2) is 6.58. The third kappa shape index (κ3) is 3.52. The number of nitrogens with zero attached hydrogens (tertiary/aromatic N) is 1. The number of aliphatic hydroxyl groups excluding tert-OH is 1. The number of amides is 1. The van der Waals surface area contributed by atoms with E-state index in [2.05, 4.69) is 0 Å². The van der Waals surface area contributed by atoms with Crippen molar-refractivity contribution in [3.8, 4) is 5.75 Å². The number of aliphatic carboxylic acids is 1. The first-order chi connectivity index (χ1) is 10.0. The monoisotopic (exact) mass is 293 g/mol. The van der Waals surface area contributed by atoms with E-state index in [9.17, 15) is 14.7 Å². The van der Waals surface area contributed by atoms with Crippen LogP contribution in [-0.2, 0) is 9.59 Å². The zero-order valence-corrected chi connectivity index (χ0v) is 11.9. The van der Waals surface area contributed by atoms with Gasteiger partial charge in [-0.2, -0.15) is 0 Å². The molecule has 2 rings (SSSR count). The second-order valence-corrected chi connectivity index (χ2v) is 5.19. The molecule has 2 atom stereocenters. The van der Waals surface area contributed by atoms with Gasteiger partial charge in [0.15, 0.2) is 0 Å². The SMILES string of the molecule is COc1cccc(C(CC(=O)O)N2CC(CO)CC2=O)c1. The standard InChI is InChI=1S/C15H19NO5/c1-21-12-4-2-3-11(6-12)13(7-15(19)20)16-8-10(9-17)5-14(16)18/h2-4,6,10,13,17H,5,7-9H2,1H3,(H,19,20). The molecule has 1 aliphatic rings. The van der Waals surface area contributed by atoms with Crippen LogP contribution in [0.4, 0.5) is 0 Å². The van der Waals surface area contributed by atoms with E-state index >= 15 is 0 Å². The minimum Gasteiger partial charge on any atom is -0.497 e. The predicted molar refractivity (Wildman–Crippen MR) is 74.9 cm³/mol. The Morgan fingerprint density at radius 3 is 2.86 bits per heavy atom. The number of likely N-dealkylation sites (tertiary alicyclic amines) is 1. The maximum absolute atomic E-state index is 12.1. The quantitative estimate of drug-likeness (QED) is 0.818. The van der Waals surface area contributed by atoms with Crippen LogP contribution in [0.1, 0.15) is 24.4 Å². The first-order valence-corrected chi connectivity index (χ1v) is 6.81. The maximum Gasteiger partial charge on any atom is 0.305 e. The lowest BCUT2D eigenvalue weighted by Crippen LogP contribution is -2.32. The largest absolute Gasteiger partial charge is 0.497 e. The van der Waals surface area contributed by atoms with Crippen LogP contribution in [0.2, 0.25) is 0 Å². The van der Waals surface area contributed by atoms with Crippen LogP contribution in [0.5, 0.6) is 5.75 Å². The number of methoxy groups -OCH3 is 1. The van der Waals surface area contributed by atoms with Gasteiger partial charge in [-0.05, 0) is 17.7 Å². The van der Waals surface area contributed by atoms with E-state index < -0.39 is 12.0 Å². The van der Waals surface area contributed by atoms with Crippen LogP contribution < -0.4 is 4.74 Å². The summed E-state index contributed by atoms with van der Waals surface area (Å²) >= 11 is 0. The number of carbonyl (C=O) groups is 2. The fraction of sp³-hybridized carbons (Fsp3) is 0.467. The average molecular weight is 293 g/mol.